The minimum atomic E-state index is -0.880. The van der Waals surface area contributed by atoms with Gasteiger partial charge in [0, 0.05) is 35.4 Å². The number of benzene rings is 4. The van der Waals surface area contributed by atoms with Gasteiger partial charge in [0.05, 0.1) is 35.5 Å². The fourth-order valence-electron chi connectivity index (χ4n) is 4.13. The van der Waals surface area contributed by atoms with E-state index >= 15 is 0 Å². The molecule has 4 aromatic rings. The predicted molar refractivity (Wildman–Crippen MR) is 170 cm³/mol. The standard InChI is InChI=1S/C32H26N6O10/c39-29(23-5-9-25(10-6-23)37(41)42)35-33-19-21-1-13-27(14-2-21)47-31-32(46-18-17-45-31)48-28-15-3-22(4-16-28)20-34-36-30(40)24-7-11-26(12-8-24)38(43)44/h1-16,19-20,31-32H,17-18H2,(H,35,39)(H,36,40)/b33-19-,34-20-/t31-,32-/m1/s1. The van der Waals surface area contributed by atoms with Gasteiger partial charge in [-0.25, -0.2) is 10.9 Å². The van der Waals surface area contributed by atoms with Gasteiger partial charge in [-0.05, 0) is 83.9 Å². The number of nitrogens with one attached hydrogen (secondary N) is 2. The first-order valence-corrected chi connectivity index (χ1v) is 14.2. The van der Waals surface area contributed by atoms with Crippen LogP contribution < -0.4 is 20.3 Å². The highest BCUT2D eigenvalue weighted by Crippen LogP contribution is 2.22. The molecule has 0 bridgehead atoms. The van der Waals surface area contributed by atoms with Crippen LogP contribution >= 0.6 is 0 Å². The van der Waals surface area contributed by atoms with Crippen molar-refractivity contribution in [2.75, 3.05) is 13.2 Å². The van der Waals surface area contributed by atoms with Crippen molar-refractivity contribution in [1.29, 1.82) is 0 Å². The molecule has 0 aliphatic carbocycles. The van der Waals surface area contributed by atoms with Gasteiger partial charge in [-0.1, -0.05) is 0 Å². The molecule has 0 unspecified atom stereocenters. The Morgan fingerprint density at radius 1 is 0.625 bits per heavy atom. The summed E-state index contributed by atoms with van der Waals surface area (Å²) in [6.07, 6.45) is 1.10. The minimum absolute atomic E-state index is 0.119. The molecule has 1 fully saturated rings. The topological polar surface area (TPSA) is 206 Å². The maximum atomic E-state index is 12.2. The van der Waals surface area contributed by atoms with E-state index in [-0.39, 0.29) is 22.5 Å². The minimum Gasteiger partial charge on any atom is -0.458 e. The van der Waals surface area contributed by atoms with Crippen molar-refractivity contribution in [3.05, 3.63) is 140 Å². The summed E-state index contributed by atoms with van der Waals surface area (Å²) in [5.41, 5.74) is 6.27. The first-order chi connectivity index (χ1) is 23.2. The summed E-state index contributed by atoms with van der Waals surface area (Å²) in [5, 5.41) is 29.4. The molecule has 4 aromatic carbocycles. The Bertz CT molecular complexity index is 1680. The molecule has 1 aliphatic heterocycles. The predicted octanol–water partition coefficient (Wildman–Crippen LogP) is 4.19. The molecule has 244 valence electrons. The average molecular weight is 655 g/mol. The van der Waals surface area contributed by atoms with Crippen LogP contribution in [0.1, 0.15) is 31.8 Å². The second kappa shape index (κ2) is 15.7. The van der Waals surface area contributed by atoms with E-state index in [1.54, 1.807) is 48.5 Å². The molecule has 0 aromatic heterocycles. The summed E-state index contributed by atoms with van der Waals surface area (Å²) in [6, 6.07) is 23.9. The molecular weight excluding hydrogens is 628 g/mol. The van der Waals surface area contributed by atoms with Gasteiger partial charge in [0.25, 0.3) is 35.8 Å². The second-order valence-electron chi connectivity index (χ2n) is 9.86. The van der Waals surface area contributed by atoms with Gasteiger partial charge in [0.2, 0.25) is 0 Å². The molecular formula is C32H26N6O10. The lowest BCUT2D eigenvalue weighted by molar-refractivity contribution is -0.385. The molecule has 1 aliphatic rings. The van der Waals surface area contributed by atoms with E-state index in [9.17, 15) is 29.8 Å². The SMILES string of the molecule is O=C(N/N=C\c1ccc(O[C@H]2OCCO[C@@H]2Oc2ccc(/C=N\NC(=O)c3ccc([N+](=O)[O-])cc3)cc2)cc1)c1ccc([N+](=O)[O-])cc1. The van der Waals surface area contributed by atoms with E-state index in [0.29, 0.717) is 35.8 Å². The Balaban J connectivity index is 1.10. The monoisotopic (exact) mass is 654 g/mol. The van der Waals surface area contributed by atoms with E-state index in [4.69, 9.17) is 18.9 Å². The third kappa shape index (κ3) is 9.03. The first kappa shape index (κ1) is 32.9. The summed E-state index contributed by atoms with van der Waals surface area (Å²) in [4.78, 5) is 44.9. The second-order valence-corrected chi connectivity index (χ2v) is 9.86. The highest BCUT2D eigenvalue weighted by molar-refractivity contribution is 5.95. The van der Waals surface area contributed by atoms with Crippen LogP contribution in [-0.2, 0) is 9.47 Å². The molecule has 0 radical (unpaired) electrons. The number of carbonyl (C=O) groups is 2. The van der Waals surface area contributed by atoms with Crippen molar-refractivity contribution in [3.63, 3.8) is 0 Å². The van der Waals surface area contributed by atoms with Crippen molar-refractivity contribution < 1.29 is 38.4 Å². The number of nitro benzene ring substituents is 2. The summed E-state index contributed by atoms with van der Waals surface area (Å²) in [6.45, 7) is 0.593. The van der Waals surface area contributed by atoms with E-state index in [1.807, 2.05) is 0 Å². The largest absolute Gasteiger partial charge is 0.458 e. The van der Waals surface area contributed by atoms with E-state index in [2.05, 4.69) is 21.1 Å². The highest BCUT2D eigenvalue weighted by Gasteiger charge is 2.31. The Kier molecular flexibility index (Phi) is 10.7. The number of rotatable bonds is 12. The Morgan fingerprint density at radius 2 is 0.979 bits per heavy atom. The molecule has 16 heteroatoms. The lowest BCUT2D eigenvalue weighted by Crippen LogP contribution is -2.45. The zero-order valence-electron chi connectivity index (χ0n) is 24.8. The van der Waals surface area contributed by atoms with Crippen molar-refractivity contribution in [2.24, 2.45) is 10.2 Å². The molecule has 0 saturated carbocycles. The van der Waals surface area contributed by atoms with Crippen molar-refractivity contribution in [1.82, 2.24) is 10.9 Å². The number of hydrazone groups is 2. The Hall–Kier alpha value is -6.52. The quantitative estimate of drug-likeness (QED) is 0.127. The maximum Gasteiger partial charge on any atom is 0.271 e. The van der Waals surface area contributed by atoms with Crippen LogP contribution in [0.5, 0.6) is 11.5 Å². The molecule has 16 nitrogen and oxygen atoms in total. The van der Waals surface area contributed by atoms with Gasteiger partial charge in [0.15, 0.2) is 0 Å². The number of hydrogen-bond acceptors (Lipinski definition) is 12. The Labute approximate surface area is 271 Å². The van der Waals surface area contributed by atoms with Crippen LogP contribution in [0.25, 0.3) is 0 Å². The number of non-ortho nitro benzene ring substituents is 2. The lowest BCUT2D eigenvalue weighted by Gasteiger charge is -2.31. The highest BCUT2D eigenvalue weighted by atomic mass is 16.8. The zero-order valence-corrected chi connectivity index (χ0v) is 24.8. The van der Waals surface area contributed by atoms with Gasteiger partial charge < -0.3 is 18.9 Å². The smallest absolute Gasteiger partial charge is 0.271 e. The van der Waals surface area contributed by atoms with Crippen LogP contribution in [0.15, 0.2) is 107 Å². The fraction of sp³-hybridized carbons (Fsp3) is 0.125. The third-order valence-corrected chi connectivity index (χ3v) is 6.57. The maximum absolute atomic E-state index is 12.2. The Morgan fingerprint density at radius 3 is 1.31 bits per heavy atom. The van der Waals surface area contributed by atoms with Crippen LogP contribution in [-0.4, -0.2) is 59.9 Å². The first-order valence-electron chi connectivity index (χ1n) is 14.2. The molecule has 1 heterocycles. The van der Waals surface area contributed by atoms with E-state index in [0.717, 1.165) is 0 Å². The van der Waals surface area contributed by atoms with Gasteiger partial charge in [-0.2, -0.15) is 10.2 Å². The molecule has 2 atom stereocenters. The van der Waals surface area contributed by atoms with Crippen molar-refractivity contribution in [2.45, 2.75) is 12.6 Å². The molecule has 5 rings (SSSR count). The van der Waals surface area contributed by atoms with Crippen LogP contribution in [0.3, 0.4) is 0 Å². The van der Waals surface area contributed by atoms with Gasteiger partial charge in [0.1, 0.15) is 11.5 Å². The summed E-state index contributed by atoms with van der Waals surface area (Å²) in [5.74, 6) is -0.105. The van der Waals surface area contributed by atoms with Crippen LogP contribution in [0.4, 0.5) is 11.4 Å². The lowest BCUT2D eigenvalue weighted by atomic mass is 10.2. The van der Waals surface area contributed by atoms with Crippen molar-refractivity contribution in [3.8, 4) is 11.5 Å². The molecule has 48 heavy (non-hydrogen) atoms. The zero-order chi connectivity index (χ0) is 33.9. The van der Waals surface area contributed by atoms with Crippen LogP contribution in [0, 0.1) is 20.2 Å². The number of carbonyl (C=O) groups excluding carboxylic acids is 2. The van der Waals surface area contributed by atoms with E-state index in [1.165, 1.54) is 61.0 Å². The third-order valence-electron chi connectivity index (χ3n) is 6.57. The number of hydrogen-bond donors (Lipinski definition) is 2. The van der Waals surface area contributed by atoms with Gasteiger partial charge >= 0.3 is 0 Å². The number of ether oxygens (including phenoxy) is 4. The summed E-state index contributed by atoms with van der Waals surface area (Å²) < 4.78 is 23.3. The van der Waals surface area contributed by atoms with E-state index < -0.39 is 34.2 Å². The van der Waals surface area contributed by atoms with Crippen molar-refractivity contribution >= 4 is 35.6 Å². The molecule has 0 spiro atoms. The summed E-state index contributed by atoms with van der Waals surface area (Å²) in [7, 11) is 0. The molecule has 2 N–H and O–H groups in total. The normalized spacial score (nSPS) is 15.9. The fourth-order valence-corrected chi connectivity index (χ4v) is 4.13. The number of amides is 2. The van der Waals surface area contributed by atoms with Gasteiger partial charge in [-0.3, -0.25) is 29.8 Å². The van der Waals surface area contributed by atoms with Gasteiger partial charge in [-0.15, -0.1) is 0 Å². The molecule has 1 saturated heterocycles. The molecule has 2 amide bonds. The number of nitrogens with zero attached hydrogens (tertiary/aromatic N) is 4. The summed E-state index contributed by atoms with van der Waals surface area (Å²) >= 11 is 0. The number of nitro groups is 2. The van der Waals surface area contributed by atoms with Crippen LogP contribution in [0.2, 0.25) is 0 Å². The average Bonchev–Trinajstić information content (AvgIpc) is 3.10.